The zero-order chi connectivity index (χ0) is 21.7. The van der Waals surface area contributed by atoms with E-state index in [1.807, 2.05) is 16.2 Å². The molecule has 1 saturated heterocycles. The van der Waals surface area contributed by atoms with Crippen molar-refractivity contribution in [1.82, 2.24) is 24.5 Å². The van der Waals surface area contributed by atoms with Gasteiger partial charge in [-0.3, -0.25) is 9.20 Å². The number of amides is 1. The summed E-state index contributed by atoms with van der Waals surface area (Å²) in [5.74, 6) is 2.57. The van der Waals surface area contributed by atoms with Crippen molar-refractivity contribution < 1.29 is 4.79 Å². The third-order valence-corrected chi connectivity index (χ3v) is 8.82. The molecule has 3 aromatic rings. The fourth-order valence-electron chi connectivity index (χ4n) is 5.00. The zero-order valence-corrected chi connectivity index (χ0v) is 20.5. The van der Waals surface area contributed by atoms with Crippen LogP contribution in [0.1, 0.15) is 75.6 Å². The van der Waals surface area contributed by atoms with Crippen LogP contribution in [0.25, 0.3) is 15.9 Å². The molecule has 6 nitrogen and oxygen atoms in total. The summed E-state index contributed by atoms with van der Waals surface area (Å²) in [5.41, 5.74) is 2.34. The number of hydrogen-bond donors (Lipinski definition) is 0. The molecule has 1 fully saturated rings. The highest BCUT2D eigenvalue weighted by Crippen LogP contribution is 2.40. The first kappa shape index (κ1) is 21.2. The minimum absolute atomic E-state index is 0.205. The molecule has 2 aliphatic rings. The van der Waals surface area contributed by atoms with Gasteiger partial charge in [0.1, 0.15) is 10.7 Å². The van der Waals surface area contributed by atoms with Gasteiger partial charge in [-0.25, -0.2) is 4.98 Å². The number of carbonyl (C=O) groups is 1. The van der Waals surface area contributed by atoms with Gasteiger partial charge in [0.05, 0.1) is 11.1 Å². The molecule has 2 atom stereocenters. The molecule has 1 aliphatic carbocycles. The van der Waals surface area contributed by atoms with Crippen molar-refractivity contribution in [1.29, 1.82) is 0 Å². The highest BCUT2D eigenvalue weighted by Gasteiger charge is 2.27. The molecule has 31 heavy (non-hydrogen) atoms. The van der Waals surface area contributed by atoms with Crippen molar-refractivity contribution in [2.45, 2.75) is 83.3 Å². The van der Waals surface area contributed by atoms with Gasteiger partial charge in [-0.15, -0.1) is 21.5 Å². The lowest BCUT2D eigenvalue weighted by molar-refractivity contribution is -0.131. The molecule has 3 aromatic heterocycles. The average molecular weight is 458 g/mol. The van der Waals surface area contributed by atoms with Crippen molar-refractivity contribution in [2.24, 2.45) is 5.92 Å². The second kappa shape index (κ2) is 8.35. The number of likely N-dealkylation sites (tertiary alicyclic amines) is 1. The van der Waals surface area contributed by atoms with Crippen LogP contribution >= 0.6 is 23.1 Å². The first-order chi connectivity index (χ1) is 14.9. The zero-order valence-electron chi connectivity index (χ0n) is 18.8. The van der Waals surface area contributed by atoms with Gasteiger partial charge in [-0.05, 0) is 56.9 Å². The van der Waals surface area contributed by atoms with Crippen LogP contribution in [0.15, 0.2) is 5.16 Å². The van der Waals surface area contributed by atoms with Gasteiger partial charge in [-0.1, -0.05) is 32.5 Å². The Morgan fingerprint density at radius 2 is 2.06 bits per heavy atom. The number of piperidine rings is 1. The summed E-state index contributed by atoms with van der Waals surface area (Å²) in [6, 6.07) is 0.337. The van der Waals surface area contributed by atoms with Crippen LogP contribution in [0.5, 0.6) is 0 Å². The van der Waals surface area contributed by atoms with Gasteiger partial charge >= 0.3 is 0 Å². The van der Waals surface area contributed by atoms with E-state index in [4.69, 9.17) is 4.98 Å². The lowest BCUT2D eigenvalue weighted by atomic mass is 9.89. The summed E-state index contributed by atoms with van der Waals surface area (Å²) in [7, 11) is 0. The van der Waals surface area contributed by atoms with Crippen LogP contribution in [0.3, 0.4) is 0 Å². The summed E-state index contributed by atoms with van der Waals surface area (Å²) in [6.07, 6.45) is 6.88. The molecule has 0 bridgehead atoms. The lowest BCUT2D eigenvalue weighted by Crippen LogP contribution is -2.42. The van der Waals surface area contributed by atoms with E-state index in [9.17, 15) is 4.79 Å². The van der Waals surface area contributed by atoms with Gasteiger partial charge in [0.25, 0.3) is 0 Å². The highest BCUT2D eigenvalue weighted by molar-refractivity contribution is 7.99. The largest absolute Gasteiger partial charge is 0.339 e. The number of fused-ring (bicyclic) bond motifs is 5. The molecule has 0 saturated carbocycles. The molecule has 5 rings (SSSR count). The molecule has 1 aliphatic heterocycles. The predicted octanol–water partition coefficient (Wildman–Crippen LogP) is 5.08. The van der Waals surface area contributed by atoms with Gasteiger partial charge in [0.2, 0.25) is 5.91 Å². The first-order valence-electron chi connectivity index (χ1n) is 11.6. The lowest BCUT2D eigenvalue weighted by Gasteiger charge is -2.33. The van der Waals surface area contributed by atoms with Crippen LogP contribution < -0.4 is 0 Å². The minimum atomic E-state index is 0.205. The Morgan fingerprint density at radius 3 is 2.84 bits per heavy atom. The van der Waals surface area contributed by atoms with E-state index in [-0.39, 0.29) is 11.8 Å². The van der Waals surface area contributed by atoms with Crippen molar-refractivity contribution >= 4 is 44.9 Å². The SMILES string of the molecule is CC(C)c1nc2sc3c(c2c2nnc(SCC(=O)N4CCCC[C@@H]4C)n12)CC[C@H](C)C3. The Kier molecular flexibility index (Phi) is 5.71. The van der Waals surface area contributed by atoms with Crippen LogP contribution in [0, 0.1) is 5.92 Å². The van der Waals surface area contributed by atoms with E-state index < -0.39 is 0 Å². The number of aryl methyl sites for hydroxylation is 1. The van der Waals surface area contributed by atoms with Gasteiger partial charge in [0, 0.05) is 23.4 Å². The summed E-state index contributed by atoms with van der Waals surface area (Å²) in [4.78, 5) is 22.6. The van der Waals surface area contributed by atoms with Gasteiger partial charge in [0.15, 0.2) is 10.8 Å². The van der Waals surface area contributed by atoms with Crippen molar-refractivity contribution in [3.05, 3.63) is 16.3 Å². The topological polar surface area (TPSA) is 63.4 Å². The second-order valence-electron chi connectivity index (χ2n) is 9.52. The smallest absolute Gasteiger partial charge is 0.233 e. The van der Waals surface area contributed by atoms with E-state index in [0.29, 0.717) is 11.8 Å². The Bertz CT molecular complexity index is 1130. The first-order valence-corrected chi connectivity index (χ1v) is 13.4. The predicted molar refractivity (Wildman–Crippen MR) is 127 cm³/mol. The molecule has 0 spiro atoms. The fraction of sp³-hybridized carbons (Fsp3) is 0.652. The summed E-state index contributed by atoms with van der Waals surface area (Å²) >= 11 is 3.34. The van der Waals surface area contributed by atoms with Crippen molar-refractivity contribution in [2.75, 3.05) is 12.3 Å². The third kappa shape index (κ3) is 3.75. The van der Waals surface area contributed by atoms with Crippen LogP contribution in [-0.2, 0) is 17.6 Å². The fourth-order valence-corrected chi connectivity index (χ4v) is 7.21. The molecule has 4 heterocycles. The van der Waals surface area contributed by atoms with Crippen LogP contribution in [0.4, 0.5) is 0 Å². The third-order valence-electron chi connectivity index (χ3n) is 6.76. The maximum absolute atomic E-state index is 12.9. The van der Waals surface area contributed by atoms with E-state index >= 15 is 0 Å². The molecular weight excluding hydrogens is 426 g/mol. The Balaban J connectivity index is 1.52. The normalized spacial score (nSPS) is 21.9. The van der Waals surface area contributed by atoms with Crippen LogP contribution in [-0.4, -0.2) is 48.7 Å². The van der Waals surface area contributed by atoms with Crippen molar-refractivity contribution in [3.63, 3.8) is 0 Å². The Hall–Kier alpha value is -1.67. The highest BCUT2D eigenvalue weighted by atomic mass is 32.2. The average Bonchev–Trinajstić information content (AvgIpc) is 3.31. The van der Waals surface area contributed by atoms with E-state index in [1.165, 1.54) is 40.4 Å². The number of rotatable bonds is 4. The molecule has 0 N–H and O–H groups in total. The minimum Gasteiger partial charge on any atom is -0.339 e. The number of carbonyl (C=O) groups excluding carboxylic acids is 1. The number of thiophene rings is 1. The number of aromatic nitrogens is 4. The molecule has 0 aromatic carbocycles. The summed E-state index contributed by atoms with van der Waals surface area (Å²) in [5, 5.41) is 11.1. The monoisotopic (exact) mass is 457 g/mol. The van der Waals surface area contributed by atoms with Gasteiger partial charge in [-0.2, -0.15) is 0 Å². The molecule has 8 heteroatoms. The van der Waals surface area contributed by atoms with Crippen molar-refractivity contribution in [3.8, 4) is 0 Å². The molecule has 166 valence electrons. The molecule has 0 radical (unpaired) electrons. The Morgan fingerprint density at radius 1 is 1.23 bits per heavy atom. The van der Waals surface area contributed by atoms with E-state index in [0.717, 1.165) is 59.6 Å². The molecule has 1 amide bonds. The van der Waals surface area contributed by atoms with Crippen LogP contribution in [0.2, 0.25) is 0 Å². The maximum Gasteiger partial charge on any atom is 0.233 e. The number of nitrogens with zero attached hydrogens (tertiary/aromatic N) is 5. The standard InChI is InChI=1S/C23H31N5OS2/c1-13(2)20-24-22-19(16-9-8-14(3)11-17(16)31-22)21-25-26-23(28(20)21)30-12-18(29)27-10-6-5-7-15(27)4/h13-15H,5-12H2,1-4H3/t14-,15-/m0/s1. The molecular formula is C23H31N5OS2. The summed E-state index contributed by atoms with van der Waals surface area (Å²) < 4.78 is 2.12. The number of thioether (sulfide) groups is 1. The van der Waals surface area contributed by atoms with E-state index in [1.54, 1.807) is 0 Å². The van der Waals surface area contributed by atoms with Gasteiger partial charge < -0.3 is 4.90 Å². The quantitative estimate of drug-likeness (QED) is 0.511. The molecule has 0 unspecified atom stereocenters. The summed E-state index contributed by atoms with van der Waals surface area (Å²) in [6.45, 7) is 9.70. The maximum atomic E-state index is 12.9. The number of hydrogen-bond acceptors (Lipinski definition) is 6. The Labute approximate surface area is 191 Å². The van der Waals surface area contributed by atoms with E-state index in [2.05, 4.69) is 42.3 Å². The second-order valence-corrected chi connectivity index (χ2v) is 11.5.